The van der Waals surface area contributed by atoms with E-state index in [4.69, 9.17) is 4.74 Å². The molecule has 1 aliphatic carbocycles. The molecule has 1 aromatic carbocycles. The summed E-state index contributed by atoms with van der Waals surface area (Å²) in [6, 6.07) is 3.97. The van der Waals surface area contributed by atoms with E-state index in [2.05, 4.69) is 25.5 Å². The van der Waals surface area contributed by atoms with Crippen molar-refractivity contribution in [2.24, 2.45) is 5.92 Å². The third-order valence-electron chi connectivity index (χ3n) is 6.14. The first-order valence-electron chi connectivity index (χ1n) is 11.0. The topological polar surface area (TPSA) is 96.0 Å². The van der Waals surface area contributed by atoms with Crippen molar-refractivity contribution in [2.45, 2.75) is 33.1 Å². The number of rotatable bonds is 6. The first-order chi connectivity index (χ1) is 15.6. The van der Waals surface area contributed by atoms with Crippen molar-refractivity contribution in [3.8, 4) is 5.75 Å². The molecule has 0 unspecified atom stereocenters. The fraction of sp³-hybridized carbons (Fsp3) is 0.391. The SMILES string of the molecule is CCOc1cc2[nH]ncc2cc1Nc1ncnc2sc3c(c12)CC[C@H](C(=O)N(C)CC)C3. The summed E-state index contributed by atoms with van der Waals surface area (Å²) in [5.41, 5.74) is 3.03. The molecular weight excluding hydrogens is 424 g/mol. The smallest absolute Gasteiger partial charge is 0.225 e. The number of aromatic amines is 1. The van der Waals surface area contributed by atoms with Gasteiger partial charge in [-0.2, -0.15) is 5.10 Å². The van der Waals surface area contributed by atoms with Crippen LogP contribution in [0, 0.1) is 5.92 Å². The molecule has 32 heavy (non-hydrogen) atoms. The summed E-state index contributed by atoms with van der Waals surface area (Å²) in [6.45, 7) is 5.27. The number of aryl methyl sites for hydroxylation is 1. The molecule has 0 spiro atoms. The van der Waals surface area contributed by atoms with Gasteiger partial charge in [-0.1, -0.05) is 0 Å². The fourth-order valence-electron chi connectivity index (χ4n) is 4.36. The highest BCUT2D eigenvalue weighted by atomic mass is 32.1. The number of amides is 1. The summed E-state index contributed by atoms with van der Waals surface area (Å²) in [4.78, 5) is 25.8. The molecule has 0 aliphatic heterocycles. The first-order valence-corrected chi connectivity index (χ1v) is 11.8. The second kappa shape index (κ2) is 8.38. The van der Waals surface area contributed by atoms with Crippen molar-refractivity contribution in [2.75, 3.05) is 25.5 Å². The summed E-state index contributed by atoms with van der Waals surface area (Å²) in [5.74, 6) is 1.79. The van der Waals surface area contributed by atoms with E-state index in [9.17, 15) is 4.79 Å². The summed E-state index contributed by atoms with van der Waals surface area (Å²) in [6.07, 6.45) is 5.86. The van der Waals surface area contributed by atoms with Gasteiger partial charge in [0.25, 0.3) is 0 Å². The van der Waals surface area contributed by atoms with Gasteiger partial charge in [-0.25, -0.2) is 9.97 Å². The quantitative estimate of drug-likeness (QED) is 0.455. The van der Waals surface area contributed by atoms with Gasteiger partial charge in [0.15, 0.2) is 0 Å². The van der Waals surface area contributed by atoms with Crippen LogP contribution in [0.1, 0.15) is 30.7 Å². The maximum atomic E-state index is 12.7. The molecule has 4 aromatic rings. The van der Waals surface area contributed by atoms with Crippen LogP contribution in [-0.4, -0.2) is 51.2 Å². The molecule has 0 bridgehead atoms. The molecule has 5 rings (SSSR count). The number of fused-ring (bicyclic) bond motifs is 4. The number of benzene rings is 1. The maximum Gasteiger partial charge on any atom is 0.225 e. The van der Waals surface area contributed by atoms with E-state index in [1.807, 2.05) is 37.9 Å². The predicted molar refractivity (Wildman–Crippen MR) is 127 cm³/mol. The van der Waals surface area contributed by atoms with E-state index in [1.165, 1.54) is 10.4 Å². The summed E-state index contributed by atoms with van der Waals surface area (Å²) >= 11 is 1.68. The van der Waals surface area contributed by atoms with Crippen molar-refractivity contribution >= 4 is 49.9 Å². The molecule has 3 heterocycles. The average molecular weight is 451 g/mol. The van der Waals surface area contributed by atoms with Gasteiger partial charge in [0, 0.05) is 35.8 Å². The lowest BCUT2D eigenvalue weighted by atomic mass is 9.87. The molecule has 1 atom stereocenters. The Morgan fingerprint density at radius 2 is 2.22 bits per heavy atom. The Morgan fingerprint density at radius 1 is 1.34 bits per heavy atom. The standard InChI is InChI=1S/C23H26N6O2S/c1-4-29(3)23(30)13-6-7-15-19(9-13)32-22-20(15)21(24-12-25-22)27-17-8-14-11-26-28-16(14)10-18(17)31-5-2/h8,10-13H,4-7,9H2,1-3H3,(H,26,28)(H,24,25,27)/t13-/m0/s1. The van der Waals surface area contributed by atoms with Crippen LogP contribution < -0.4 is 10.1 Å². The van der Waals surface area contributed by atoms with Crippen molar-refractivity contribution in [3.05, 3.63) is 35.1 Å². The third-order valence-corrected chi connectivity index (χ3v) is 7.30. The normalized spacial score (nSPS) is 15.7. The van der Waals surface area contributed by atoms with E-state index in [0.717, 1.165) is 64.2 Å². The molecule has 9 heteroatoms. The molecule has 0 saturated heterocycles. The zero-order valence-corrected chi connectivity index (χ0v) is 19.3. The van der Waals surface area contributed by atoms with Crippen molar-refractivity contribution in [1.29, 1.82) is 0 Å². The highest BCUT2D eigenvalue weighted by Gasteiger charge is 2.30. The van der Waals surface area contributed by atoms with Gasteiger partial charge in [-0.05, 0) is 44.7 Å². The van der Waals surface area contributed by atoms with Gasteiger partial charge in [-0.3, -0.25) is 9.89 Å². The zero-order valence-electron chi connectivity index (χ0n) is 18.4. The highest BCUT2D eigenvalue weighted by molar-refractivity contribution is 7.19. The van der Waals surface area contributed by atoms with E-state index < -0.39 is 0 Å². The van der Waals surface area contributed by atoms with Crippen LogP contribution in [0.15, 0.2) is 24.7 Å². The van der Waals surface area contributed by atoms with Crippen LogP contribution in [0.4, 0.5) is 11.5 Å². The Bertz CT molecular complexity index is 1300. The zero-order chi connectivity index (χ0) is 22.2. The van der Waals surface area contributed by atoms with E-state index in [-0.39, 0.29) is 11.8 Å². The number of thiophene rings is 1. The molecule has 0 fully saturated rings. The van der Waals surface area contributed by atoms with Crippen LogP contribution in [0.5, 0.6) is 5.75 Å². The molecule has 2 N–H and O–H groups in total. The number of nitrogens with zero attached hydrogens (tertiary/aromatic N) is 4. The van der Waals surface area contributed by atoms with Crippen molar-refractivity contribution < 1.29 is 9.53 Å². The molecular formula is C23H26N6O2S. The number of carbonyl (C=O) groups excluding carboxylic acids is 1. The minimum absolute atomic E-state index is 0.0398. The molecule has 3 aromatic heterocycles. The summed E-state index contributed by atoms with van der Waals surface area (Å²) in [5, 5.41) is 12.7. The van der Waals surface area contributed by atoms with Crippen LogP contribution in [0.3, 0.4) is 0 Å². The summed E-state index contributed by atoms with van der Waals surface area (Å²) < 4.78 is 5.87. The lowest BCUT2D eigenvalue weighted by Crippen LogP contribution is -2.35. The van der Waals surface area contributed by atoms with E-state index >= 15 is 0 Å². The highest BCUT2D eigenvalue weighted by Crippen LogP contribution is 2.41. The van der Waals surface area contributed by atoms with E-state index in [0.29, 0.717) is 6.61 Å². The van der Waals surface area contributed by atoms with Crippen LogP contribution in [-0.2, 0) is 17.6 Å². The Kier molecular flexibility index (Phi) is 5.42. The largest absolute Gasteiger partial charge is 0.492 e. The second-order valence-corrected chi connectivity index (χ2v) is 9.15. The number of hydrogen-bond acceptors (Lipinski definition) is 7. The third kappa shape index (κ3) is 3.56. The Morgan fingerprint density at radius 3 is 3.03 bits per heavy atom. The van der Waals surface area contributed by atoms with Gasteiger partial charge in [0.05, 0.1) is 29.4 Å². The minimum atomic E-state index is 0.0398. The number of nitrogens with one attached hydrogen (secondary N) is 2. The Hall–Kier alpha value is -3.20. The van der Waals surface area contributed by atoms with E-state index in [1.54, 1.807) is 23.9 Å². The lowest BCUT2D eigenvalue weighted by molar-refractivity contribution is -0.134. The molecule has 1 aliphatic rings. The number of anilines is 2. The molecule has 0 saturated carbocycles. The van der Waals surface area contributed by atoms with Crippen LogP contribution >= 0.6 is 11.3 Å². The van der Waals surface area contributed by atoms with Gasteiger partial charge in [0.2, 0.25) is 5.91 Å². The minimum Gasteiger partial charge on any atom is -0.492 e. The second-order valence-electron chi connectivity index (χ2n) is 8.06. The van der Waals surface area contributed by atoms with Gasteiger partial charge in [-0.15, -0.1) is 11.3 Å². The van der Waals surface area contributed by atoms with Crippen LogP contribution in [0.25, 0.3) is 21.1 Å². The monoisotopic (exact) mass is 450 g/mol. The number of H-pyrrole nitrogens is 1. The van der Waals surface area contributed by atoms with Crippen molar-refractivity contribution in [1.82, 2.24) is 25.1 Å². The maximum absolute atomic E-state index is 12.7. The molecule has 1 amide bonds. The Labute approximate surface area is 190 Å². The van der Waals surface area contributed by atoms with Crippen molar-refractivity contribution in [3.63, 3.8) is 0 Å². The molecule has 8 nitrogen and oxygen atoms in total. The van der Waals surface area contributed by atoms with Gasteiger partial charge < -0.3 is 15.0 Å². The Balaban J connectivity index is 1.52. The van der Waals surface area contributed by atoms with Crippen LogP contribution in [0.2, 0.25) is 0 Å². The number of aromatic nitrogens is 4. The van der Waals surface area contributed by atoms with Gasteiger partial charge >= 0.3 is 0 Å². The number of carbonyl (C=O) groups is 1. The van der Waals surface area contributed by atoms with Gasteiger partial charge in [0.1, 0.15) is 22.7 Å². The number of hydrogen-bond donors (Lipinski definition) is 2. The first kappa shape index (κ1) is 20.7. The number of ether oxygens (including phenoxy) is 1. The fourth-order valence-corrected chi connectivity index (χ4v) is 5.62. The summed E-state index contributed by atoms with van der Waals surface area (Å²) in [7, 11) is 1.88. The molecule has 0 radical (unpaired) electrons. The predicted octanol–water partition coefficient (Wildman–Crippen LogP) is 4.29. The lowest BCUT2D eigenvalue weighted by Gasteiger charge is -2.26. The average Bonchev–Trinajstić information content (AvgIpc) is 3.42. The molecule has 166 valence electrons.